The SMILES string of the molecule is Cc1cccc(-n2nc3c(c2-n2cccc2)CN(C(=O)c2nc4ccccc4s2)C3)c1. The molecule has 0 N–H and O–H groups in total. The maximum absolute atomic E-state index is 13.2. The fourth-order valence-corrected chi connectivity index (χ4v) is 5.06. The highest BCUT2D eigenvalue weighted by molar-refractivity contribution is 7.20. The molecule has 0 fully saturated rings. The van der Waals surface area contributed by atoms with Crippen molar-refractivity contribution in [2.24, 2.45) is 0 Å². The Morgan fingerprint density at radius 3 is 2.65 bits per heavy atom. The number of carbonyl (C=O) groups excluding carboxylic acids is 1. The Balaban J connectivity index is 1.39. The van der Waals surface area contributed by atoms with Crippen LogP contribution in [0.3, 0.4) is 0 Å². The van der Waals surface area contributed by atoms with Crippen molar-refractivity contribution >= 4 is 27.5 Å². The minimum atomic E-state index is -0.0419. The van der Waals surface area contributed by atoms with Gasteiger partial charge in [0.15, 0.2) is 5.01 Å². The van der Waals surface area contributed by atoms with Crippen LogP contribution in [0.2, 0.25) is 0 Å². The zero-order valence-corrected chi connectivity index (χ0v) is 17.7. The molecule has 0 saturated heterocycles. The van der Waals surface area contributed by atoms with E-state index in [1.54, 1.807) is 0 Å². The van der Waals surface area contributed by atoms with Gasteiger partial charge in [-0.15, -0.1) is 11.3 Å². The summed E-state index contributed by atoms with van der Waals surface area (Å²) in [6, 6.07) is 20.2. The first kappa shape index (κ1) is 18.1. The molecule has 0 spiro atoms. The lowest BCUT2D eigenvalue weighted by molar-refractivity contribution is 0.0749. The van der Waals surface area contributed by atoms with E-state index in [1.807, 2.05) is 64.4 Å². The minimum absolute atomic E-state index is 0.0419. The van der Waals surface area contributed by atoms with Crippen molar-refractivity contribution in [2.75, 3.05) is 0 Å². The van der Waals surface area contributed by atoms with Crippen molar-refractivity contribution in [2.45, 2.75) is 20.0 Å². The van der Waals surface area contributed by atoms with E-state index in [9.17, 15) is 4.79 Å². The third kappa shape index (κ3) is 2.97. The predicted octanol–water partition coefficient (Wildman–Crippen LogP) is 4.74. The highest BCUT2D eigenvalue weighted by atomic mass is 32.1. The molecule has 1 aliphatic rings. The summed E-state index contributed by atoms with van der Waals surface area (Å²) in [5.74, 6) is 0.935. The number of aromatic nitrogens is 4. The number of nitrogens with zero attached hydrogens (tertiary/aromatic N) is 5. The molecule has 2 aromatic carbocycles. The van der Waals surface area contributed by atoms with Crippen LogP contribution in [-0.2, 0) is 13.1 Å². The van der Waals surface area contributed by atoms with Crippen LogP contribution in [0.15, 0.2) is 73.1 Å². The molecular formula is C24H19N5OS. The van der Waals surface area contributed by atoms with Crippen molar-refractivity contribution < 1.29 is 4.79 Å². The average Bonchev–Trinajstić information content (AvgIpc) is 3.55. The molecule has 5 aromatic rings. The fraction of sp³-hybridized carbons (Fsp3) is 0.125. The van der Waals surface area contributed by atoms with Crippen LogP contribution in [0.5, 0.6) is 0 Å². The molecule has 152 valence electrons. The third-order valence-corrected chi connectivity index (χ3v) is 6.61. The van der Waals surface area contributed by atoms with Crippen LogP contribution in [0.4, 0.5) is 0 Å². The number of rotatable bonds is 3. The van der Waals surface area contributed by atoms with Crippen LogP contribution in [-0.4, -0.2) is 30.1 Å². The molecule has 4 heterocycles. The molecule has 0 saturated carbocycles. The van der Waals surface area contributed by atoms with Gasteiger partial charge >= 0.3 is 0 Å². The summed E-state index contributed by atoms with van der Waals surface area (Å²) in [4.78, 5) is 19.6. The van der Waals surface area contributed by atoms with E-state index >= 15 is 0 Å². The van der Waals surface area contributed by atoms with E-state index in [0.717, 1.165) is 33.0 Å². The number of thiazole rings is 1. The van der Waals surface area contributed by atoms with Crippen molar-refractivity contribution in [1.82, 2.24) is 24.2 Å². The third-order valence-electron chi connectivity index (χ3n) is 5.59. The second kappa shape index (κ2) is 6.92. The largest absolute Gasteiger partial charge is 0.326 e. The van der Waals surface area contributed by atoms with Crippen LogP contribution in [0.1, 0.15) is 26.6 Å². The highest BCUT2D eigenvalue weighted by Gasteiger charge is 2.33. The van der Waals surface area contributed by atoms with E-state index < -0.39 is 0 Å². The summed E-state index contributed by atoms with van der Waals surface area (Å²) in [6.07, 6.45) is 4.03. The Kier molecular flexibility index (Phi) is 4.04. The molecule has 6 nitrogen and oxygen atoms in total. The molecule has 3 aromatic heterocycles. The Bertz CT molecular complexity index is 1400. The van der Waals surface area contributed by atoms with Gasteiger partial charge in [0.05, 0.1) is 34.7 Å². The van der Waals surface area contributed by atoms with E-state index in [2.05, 4.69) is 34.7 Å². The molecule has 6 rings (SSSR count). The number of hydrogen-bond acceptors (Lipinski definition) is 4. The number of carbonyl (C=O) groups is 1. The van der Waals surface area contributed by atoms with E-state index in [4.69, 9.17) is 5.10 Å². The van der Waals surface area contributed by atoms with Gasteiger partial charge in [-0.3, -0.25) is 4.79 Å². The number of para-hydroxylation sites is 1. The normalized spacial score (nSPS) is 13.1. The first-order valence-corrected chi connectivity index (χ1v) is 10.9. The lowest BCUT2D eigenvalue weighted by Gasteiger charge is -2.16. The molecular weight excluding hydrogens is 406 g/mol. The maximum atomic E-state index is 13.2. The average molecular weight is 426 g/mol. The monoisotopic (exact) mass is 425 g/mol. The van der Waals surface area contributed by atoms with Crippen molar-refractivity contribution in [3.8, 4) is 11.5 Å². The molecule has 0 unspecified atom stereocenters. The summed E-state index contributed by atoms with van der Waals surface area (Å²) in [6.45, 7) is 3.08. The van der Waals surface area contributed by atoms with Gasteiger partial charge < -0.3 is 9.47 Å². The molecule has 0 aliphatic carbocycles. The van der Waals surface area contributed by atoms with Crippen molar-refractivity contribution in [3.05, 3.63) is 94.9 Å². The molecule has 0 bridgehead atoms. The Labute approximate surface area is 183 Å². The number of hydrogen-bond donors (Lipinski definition) is 0. The number of fused-ring (bicyclic) bond motifs is 2. The van der Waals surface area contributed by atoms with Gasteiger partial charge in [-0.1, -0.05) is 24.3 Å². The summed E-state index contributed by atoms with van der Waals surface area (Å²) < 4.78 is 5.08. The summed E-state index contributed by atoms with van der Waals surface area (Å²) in [5, 5.41) is 5.44. The Hall–Kier alpha value is -3.71. The first-order chi connectivity index (χ1) is 15.2. The van der Waals surface area contributed by atoms with Crippen molar-refractivity contribution in [1.29, 1.82) is 0 Å². The summed E-state index contributed by atoms with van der Waals surface area (Å²) >= 11 is 1.44. The molecule has 1 aliphatic heterocycles. The maximum Gasteiger partial charge on any atom is 0.283 e. The van der Waals surface area contributed by atoms with Gasteiger partial charge in [-0.05, 0) is 48.9 Å². The van der Waals surface area contributed by atoms with Crippen LogP contribution < -0.4 is 0 Å². The van der Waals surface area contributed by atoms with Crippen molar-refractivity contribution in [3.63, 3.8) is 0 Å². The van der Waals surface area contributed by atoms with Crippen LogP contribution in [0, 0.1) is 6.92 Å². The number of benzene rings is 2. The second-order valence-corrected chi connectivity index (χ2v) is 8.77. The topological polar surface area (TPSA) is 56.0 Å². The number of amides is 1. The van der Waals surface area contributed by atoms with Crippen LogP contribution >= 0.6 is 11.3 Å². The van der Waals surface area contributed by atoms with Gasteiger partial charge in [-0.2, -0.15) is 5.10 Å². The molecule has 0 radical (unpaired) electrons. The van der Waals surface area contributed by atoms with E-state index in [1.165, 1.54) is 16.9 Å². The fourth-order valence-electron chi connectivity index (χ4n) is 4.13. The zero-order valence-electron chi connectivity index (χ0n) is 16.9. The zero-order chi connectivity index (χ0) is 20.9. The Morgan fingerprint density at radius 2 is 1.84 bits per heavy atom. The van der Waals surface area contributed by atoms with Gasteiger partial charge in [0.25, 0.3) is 5.91 Å². The molecule has 0 atom stereocenters. The van der Waals surface area contributed by atoms with E-state index in [0.29, 0.717) is 18.1 Å². The standard InChI is InChI=1S/C24H19N5OS/c1-16-7-6-8-17(13-16)29-23(27-11-4-5-12-27)18-14-28(15-20(18)26-29)24(30)22-25-19-9-2-3-10-21(19)31-22/h2-13H,14-15H2,1H3. The number of aryl methyl sites for hydroxylation is 1. The molecule has 31 heavy (non-hydrogen) atoms. The van der Waals surface area contributed by atoms with Gasteiger partial charge in [0.1, 0.15) is 5.82 Å². The quantitative estimate of drug-likeness (QED) is 0.420. The summed E-state index contributed by atoms with van der Waals surface area (Å²) in [5.41, 5.74) is 5.07. The lowest BCUT2D eigenvalue weighted by Crippen LogP contribution is -2.26. The minimum Gasteiger partial charge on any atom is -0.326 e. The van der Waals surface area contributed by atoms with Crippen LogP contribution in [0.25, 0.3) is 21.7 Å². The first-order valence-electron chi connectivity index (χ1n) is 10.1. The van der Waals surface area contributed by atoms with Gasteiger partial charge in [0.2, 0.25) is 0 Å². The predicted molar refractivity (Wildman–Crippen MR) is 121 cm³/mol. The van der Waals surface area contributed by atoms with Gasteiger partial charge in [0, 0.05) is 18.0 Å². The lowest BCUT2D eigenvalue weighted by atomic mass is 10.2. The Morgan fingerprint density at radius 1 is 1.00 bits per heavy atom. The highest BCUT2D eigenvalue weighted by Crippen LogP contribution is 2.32. The summed E-state index contributed by atoms with van der Waals surface area (Å²) in [7, 11) is 0. The van der Waals surface area contributed by atoms with E-state index in [-0.39, 0.29) is 5.91 Å². The molecule has 1 amide bonds. The molecule has 7 heteroatoms. The second-order valence-electron chi connectivity index (χ2n) is 7.74. The smallest absolute Gasteiger partial charge is 0.283 e. The van der Waals surface area contributed by atoms with Gasteiger partial charge in [-0.25, -0.2) is 9.67 Å².